The molecule has 0 atom stereocenters. The molecule has 0 amide bonds. The molecule has 0 bridgehead atoms. The first-order chi connectivity index (χ1) is 6.72. The van der Waals surface area contributed by atoms with Gasteiger partial charge in [-0.2, -0.15) is 0 Å². The Bertz CT molecular complexity index is 482. The Labute approximate surface area is 90.4 Å². The lowest BCUT2D eigenvalue weighted by molar-refractivity contribution is 1.21. The highest BCUT2D eigenvalue weighted by Crippen LogP contribution is 2.26. The predicted molar refractivity (Wildman–Crippen MR) is 62.0 cm³/mol. The Morgan fingerprint density at radius 3 is 2.93 bits per heavy atom. The molecule has 1 aromatic heterocycles. The third kappa shape index (κ3) is 1.47. The zero-order valence-electron chi connectivity index (χ0n) is 7.71. The third-order valence-electron chi connectivity index (χ3n) is 2.15. The van der Waals surface area contributed by atoms with Gasteiger partial charge in [0.25, 0.3) is 0 Å². The van der Waals surface area contributed by atoms with Crippen molar-refractivity contribution in [2.75, 3.05) is 5.43 Å². The van der Waals surface area contributed by atoms with E-state index in [2.05, 4.69) is 26.3 Å². The molecule has 4 heteroatoms. The minimum Gasteiger partial charge on any atom is -0.322 e. The molecule has 0 radical (unpaired) electrons. The molecule has 0 aliphatic heterocycles. The molecule has 0 aliphatic carbocycles. The second-order valence-electron chi connectivity index (χ2n) is 3.07. The molecular formula is C10H10BrN3. The van der Waals surface area contributed by atoms with Crippen LogP contribution in [0, 0.1) is 6.92 Å². The highest BCUT2D eigenvalue weighted by Gasteiger charge is 2.03. The summed E-state index contributed by atoms with van der Waals surface area (Å²) in [5, 5.41) is 1.06. The van der Waals surface area contributed by atoms with Crippen LogP contribution in [0.1, 0.15) is 5.69 Å². The minimum atomic E-state index is 0.851. The molecule has 72 valence electrons. The highest BCUT2D eigenvalue weighted by molar-refractivity contribution is 9.10. The smallest absolute Gasteiger partial charge is 0.0718 e. The monoisotopic (exact) mass is 251 g/mol. The van der Waals surface area contributed by atoms with Crippen LogP contribution in [0.4, 0.5) is 5.69 Å². The van der Waals surface area contributed by atoms with E-state index in [1.807, 2.05) is 31.2 Å². The number of nitrogen functional groups attached to an aromatic ring is 1. The maximum Gasteiger partial charge on any atom is 0.0718 e. The van der Waals surface area contributed by atoms with Crippen molar-refractivity contribution in [3.05, 3.63) is 34.4 Å². The molecule has 1 heterocycles. The fourth-order valence-electron chi connectivity index (χ4n) is 1.40. The van der Waals surface area contributed by atoms with Crippen LogP contribution in [0.2, 0.25) is 0 Å². The van der Waals surface area contributed by atoms with Gasteiger partial charge in [-0.15, -0.1) is 0 Å². The lowest BCUT2D eigenvalue weighted by Crippen LogP contribution is -2.08. The second kappa shape index (κ2) is 3.55. The summed E-state index contributed by atoms with van der Waals surface area (Å²) >= 11 is 3.48. The summed E-state index contributed by atoms with van der Waals surface area (Å²) in [5.74, 6) is 5.39. The van der Waals surface area contributed by atoms with Crippen molar-refractivity contribution in [2.45, 2.75) is 6.92 Å². The van der Waals surface area contributed by atoms with Crippen molar-refractivity contribution in [1.29, 1.82) is 0 Å². The number of nitrogens with one attached hydrogen (secondary N) is 1. The molecule has 3 nitrogen and oxygen atoms in total. The normalized spacial score (nSPS) is 10.5. The molecule has 0 fully saturated rings. The minimum absolute atomic E-state index is 0.851. The van der Waals surface area contributed by atoms with Crippen LogP contribution in [0.25, 0.3) is 10.9 Å². The Hall–Kier alpha value is -1.13. The molecular weight excluding hydrogens is 242 g/mol. The zero-order chi connectivity index (χ0) is 10.1. The van der Waals surface area contributed by atoms with Gasteiger partial charge in [0.05, 0.1) is 16.9 Å². The summed E-state index contributed by atoms with van der Waals surface area (Å²) in [6.45, 7) is 1.93. The largest absolute Gasteiger partial charge is 0.322 e. The van der Waals surface area contributed by atoms with Gasteiger partial charge in [0.2, 0.25) is 0 Å². The van der Waals surface area contributed by atoms with Crippen molar-refractivity contribution < 1.29 is 0 Å². The summed E-state index contributed by atoms with van der Waals surface area (Å²) in [6, 6.07) is 7.92. The van der Waals surface area contributed by atoms with Crippen LogP contribution in [0.15, 0.2) is 28.7 Å². The number of rotatable bonds is 1. The number of nitrogens with two attached hydrogens (primary N) is 1. The first kappa shape index (κ1) is 9.43. The maximum absolute atomic E-state index is 5.39. The lowest BCUT2D eigenvalue weighted by atomic mass is 10.2. The van der Waals surface area contributed by atoms with Crippen molar-refractivity contribution in [3.8, 4) is 0 Å². The molecule has 2 rings (SSSR count). The van der Waals surface area contributed by atoms with Gasteiger partial charge in [0.15, 0.2) is 0 Å². The topological polar surface area (TPSA) is 50.9 Å². The van der Waals surface area contributed by atoms with Crippen LogP contribution in [-0.4, -0.2) is 4.98 Å². The molecule has 0 saturated carbocycles. The van der Waals surface area contributed by atoms with Crippen molar-refractivity contribution >= 4 is 32.5 Å². The Morgan fingerprint density at radius 2 is 2.21 bits per heavy atom. The van der Waals surface area contributed by atoms with E-state index in [1.54, 1.807) is 0 Å². The number of hydrazine groups is 1. The van der Waals surface area contributed by atoms with Crippen LogP contribution in [0.3, 0.4) is 0 Å². The van der Waals surface area contributed by atoms with Gasteiger partial charge in [-0.05, 0) is 25.1 Å². The standard InChI is InChI=1S/C10H10BrN3/c1-6-10(14-12)5-7-8(11)3-2-4-9(7)13-6/h2-5,14H,12H2,1H3. The van der Waals surface area contributed by atoms with Gasteiger partial charge in [-0.1, -0.05) is 22.0 Å². The number of fused-ring (bicyclic) bond motifs is 1. The van der Waals surface area contributed by atoms with E-state index < -0.39 is 0 Å². The van der Waals surface area contributed by atoms with E-state index in [0.717, 1.165) is 26.8 Å². The molecule has 0 spiro atoms. The molecule has 0 unspecified atom stereocenters. The number of hydrogen-bond donors (Lipinski definition) is 2. The molecule has 1 aromatic carbocycles. The van der Waals surface area contributed by atoms with E-state index in [1.165, 1.54) is 0 Å². The third-order valence-corrected chi connectivity index (χ3v) is 2.84. The number of aromatic nitrogens is 1. The van der Waals surface area contributed by atoms with E-state index in [-0.39, 0.29) is 0 Å². The summed E-state index contributed by atoms with van der Waals surface area (Å²) in [4.78, 5) is 4.43. The number of benzene rings is 1. The quantitative estimate of drug-likeness (QED) is 0.605. The van der Waals surface area contributed by atoms with Crippen LogP contribution < -0.4 is 11.3 Å². The zero-order valence-corrected chi connectivity index (χ0v) is 9.30. The molecule has 14 heavy (non-hydrogen) atoms. The predicted octanol–water partition coefficient (Wildman–Crippen LogP) is 2.59. The van der Waals surface area contributed by atoms with Crippen LogP contribution in [-0.2, 0) is 0 Å². The van der Waals surface area contributed by atoms with Crippen LogP contribution >= 0.6 is 15.9 Å². The van der Waals surface area contributed by atoms with E-state index in [4.69, 9.17) is 5.84 Å². The number of aryl methyl sites for hydroxylation is 1. The average Bonchev–Trinajstić information content (AvgIpc) is 2.17. The van der Waals surface area contributed by atoms with Gasteiger partial charge in [0, 0.05) is 9.86 Å². The summed E-state index contributed by atoms with van der Waals surface area (Å²) in [7, 11) is 0. The fraction of sp³-hybridized carbons (Fsp3) is 0.100. The SMILES string of the molecule is Cc1nc2cccc(Br)c2cc1NN. The second-order valence-corrected chi connectivity index (χ2v) is 3.93. The van der Waals surface area contributed by atoms with Crippen LogP contribution in [0.5, 0.6) is 0 Å². The van der Waals surface area contributed by atoms with E-state index >= 15 is 0 Å². The first-order valence-electron chi connectivity index (χ1n) is 4.25. The van der Waals surface area contributed by atoms with Crippen molar-refractivity contribution in [2.24, 2.45) is 5.84 Å². The number of anilines is 1. The number of halogens is 1. The summed E-state index contributed by atoms with van der Waals surface area (Å²) < 4.78 is 1.03. The van der Waals surface area contributed by atoms with Crippen molar-refractivity contribution in [1.82, 2.24) is 4.98 Å². The van der Waals surface area contributed by atoms with E-state index in [9.17, 15) is 0 Å². The first-order valence-corrected chi connectivity index (χ1v) is 5.04. The van der Waals surface area contributed by atoms with Gasteiger partial charge in [0.1, 0.15) is 0 Å². The fourth-order valence-corrected chi connectivity index (χ4v) is 1.87. The number of pyridine rings is 1. The lowest BCUT2D eigenvalue weighted by Gasteiger charge is -2.07. The number of nitrogens with zero attached hydrogens (tertiary/aromatic N) is 1. The van der Waals surface area contributed by atoms with Gasteiger partial charge < -0.3 is 5.43 Å². The molecule has 2 aromatic rings. The van der Waals surface area contributed by atoms with Gasteiger partial charge >= 0.3 is 0 Å². The average molecular weight is 252 g/mol. The highest BCUT2D eigenvalue weighted by atomic mass is 79.9. The molecule has 3 N–H and O–H groups in total. The molecule has 0 aliphatic rings. The van der Waals surface area contributed by atoms with Crippen molar-refractivity contribution in [3.63, 3.8) is 0 Å². The Morgan fingerprint density at radius 1 is 1.43 bits per heavy atom. The molecule has 0 saturated heterocycles. The Kier molecular flexibility index (Phi) is 2.39. The Balaban J connectivity index is 2.80. The number of hydrogen-bond acceptors (Lipinski definition) is 3. The van der Waals surface area contributed by atoms with Gasteiger partial charge in [-0.25, -0.2) is 0 Å². The summed E-state index contributed by atoms with van der Waals surface area (Å²) in [5.41, 5.74) is 5.35. The van der Waals surface area contributed by atoms with E-state index in [0.29, 0.717) is 0 Å². The summed E-state index contributed by atoms with van der Waals surface area (Å²) in [6.07, 6.45) is 0. The maximum atomic E-state index is 5.39. The van der Waals surface area contributed by atoms with Gasteiger partial charge in [-0.3, -0.25) is 10.8 Å².